The summed E-state index contributed by atoms with van der Waals surface area (Å²) in [5.41, 5.74) is 2.36. The molecule has 1 aliphatic rings. The minimum Gasteiger partial charge on any atom is -0.326 e. The fourth-order valence-electron chi connectivity index (χ4n) is 2.70. The minimum absolute atomic E-state index is 0.0109. The van der Waals surface area contributed by atoms with Gasteiger partial charge in [-0.05, 0) is 35.4 Å². The van der Waals surface area contributed by atoms with Crippen LogP contribution in [-0.4, -0.2) is 11.8 Å². The molecule has 24 heavy (non-hydrogen) atoms. The van der Waals surface area contributed by atoms with E-state index in [9.17, 15) is 14.0 Å². The number of halogens is 1. The van der Waals surface area contributed by atoms with Crippen molar-refractivity contribution in [1.82, 2.24) is 0 Å². The summed E-state index contributed by atoms with van der Waals surface area (Å²) in [5, 5.41) is 14.0. The standard InChI is InChI=1S/C18H14FN3O2/c19-12-3-6-14-15(10-17(23)22-16(14)9-12)18(24)21-13-4-1-11(2-5-13)7-8-20/h1-6,9,15H,7,10H2,(H,21,24)(H,22,23). The zero-order valence-corrected chi connectivity index (χ0v) is 12.7. The second kappa shape index (κ2) is 6.50. The van der Waals surface area contributed by atoms with E-state index in [1.54, 1.807) is 24.3 Å². The molecule has 2 N–H and O–H groups in total. The van der Waals surface area contributed by atoms with E-state index in [-0.39, 0.29) is 18.2 Å². The predicted molar refractivity (Wildman–Crippen MR) is 86.8 cm³/mol. The van der Waals surface area contributed by atoms with Crippen molar-refractivity contribution < 1.29 is 14.0 Å². The molecule has 2 amide bonds. The van der Waals surface area contributed by atoms with Gasteiger partial charge in [0, 0.05) is 17.8 Å². The Morgan fingerprint density at radius 1 is 1.29 bits per heavy atom. The molecule has 1 unspecified atom stereocenters. The lowest BCUT2D eigenvalue weighted by atomic mass is 9.89. The summed E-state index contributed by atoms with van der Waals surface area (Å²) in [6, 6.07) is 13.0. The molecule has 1 heterocycles. The molecular formula is C18H14FN3O2. The van der Waals surface area contributed by atoms with Gasteiger partial charge in [0.2, 0.25) is 11.8 Å². The topological polar surface area (TPSA) is 82.0 Å². The molecule has 1 atom stereocenters. The van der Waals surface area contributed by atoms with E-state index in [2.05, 4.69) is 16.7 Å². The number of nitriles is 1. The fourth-order valence-corrected chi connectivity index (χ4v) is 2.70. The normalized spacial score (nSPS) is 15.8. The summed E-state index contributed by atoms with van der Waals surface area (Å²) >= 11 is 0. The van der Waals surface area contributed by atoms with Crippen LogP contribution in [0.2, 0.25) is 0 Å². The first kappa shape index (κ1) is 15.7. The molecule has 0 saturated heterocycles. The molecule has 0 aliphatic carbocycles. The van der Waals surface area contributed by atoms with Crippen LogP contribution in [0.3, 0.4) is 0 Å². The van der Waals surface area contributed by atoms with E-state index in [1.165, 1.54) is 18.2 Å². The SMILES string of the molecule is N#CCc1ccc(NC(=O)C2CC(=O)Nc3cc(F)ccc32)cc1. The largest absolute Gasteiger partial charge is 0.326 e. The average Bonchev–Trinajstić information content (AvgIpc) is 2.55. The van der Waals surface area contributed by atoms with Gasteiger partial charge in [0.1, 0.15) is 5.82 Å². The van der Waals surface area contributed by atoms with Gasteiger partial charge in [0.25, 0.3) is 0 Å². The van der Waals surface area contributed by atoms with Gasteiger partial charge in [-0.3, -0.25) is 9.59 Å². The Balaban J connectivity index is 1.80. The average molecular weight is 323 g/mol. The van der Waals surface area contributed by atoms with Crippen LogP contribution in [-0.2, 0) is 16.0 Å². The van der Waals surface area contributed by atoms with Gasteiger partial charge in [0.15, 0.2) is 0 Å². The second-order valence-corrected chi connectivity index (χ2v) is 5.56. The molecule has 3 rings (SSSR count). The number of rotatable bonds is 3. The summed E-state index contributed by atoms with van der Waals surface area (Å²) < 4.78 is 13.3. The molecular weight excluding hydrogens is 309 g/mol. The lowest BCUT2D eigenvalue weighted by Crippen LogP contribution is -2.30. The summed E-state index contributed by atoms with van der Waals surface area (Å²) in [6.07, 6.45) is 0.312. The van der Waals surface area contributed by atoms with Crippen LogP contribution in [0.25, 0.3) is 0 Å². The lowest BCUT2D eigenvalue weighted by molar-refractivity contribution is -0.123. The van der Waals surface area contributed by atoms with Crippen LogP contribution in [0.4, 0.5) is 15.8 Å². The third-order valence-corrected chi connectivity index (χ3v) is 3.88. The van der Waals surface area contributed by atoms with Crippen LogP contribution < -0.4 is 10.6 Å². The molecule has 0 fully saturated rings. The van der Waals surface area contributed by atoms with Gasteiger partial charge in [-0.2, -0.15) is 5.26 Å². The highest BCUT2D eigenvalue weighted by Gasteiger charge is 2.30. The molecule has 2 aromatic rings. The number of nitrogens with one attached hydrogen (secondary N) is 2. The van der Waals surface area contributed by atoms with Crippen molar-refractivity contribution >= 4 is 23.2 Å². The Morgan fingerprint density at radius 2 is 2.04 bits per heavy atom. The van der Waals surface area contributed by atoms with Crippen LogP contribution in [0.5, 0.6) is 0 Å². The van der Waals surface area contributed by atoms with E-state index < -0.39 is 11.7 Å². The second-order valence-electron chi connectivity index (χ2n) is 5.56. The van der Waals surface area contributed by atoms with E-state index in [1.807, 2.05) is 0 Å². The fraction of sp³-hybridized carbons (Fsp3) is 0.167. The molecule has 5 nitrogen and oxygen atoms in total. The third-order valence-electron chi connectivity index (χ3n) is 3.88. The smallest absolute Gasteiger partial charge is 0.232 e. The van der Waals surface area contributed by atoms with E-state index in [0.717, 1.165) is 5.56 Å². The van der Waals surface area contributed by atoms with Crippen LogP contribution in [0, 0.1) is 17.1 Å². The zero-order valence-electron chi connectivity index (χ0n) is 12.7. The van der Waals surface area contributed by atoms with Gasteiger partial charge in [-0.25, -0.2) is 4.39 Å². The van der Waals surface area contributed by atoms with Crippen molar-refractivity contribution in [3.05, 3.63) is 59.4 Å². The van der Waals surface area contributed by atoms with Crippen molar-refractivity contribution in [2.45, 2.75) is 18.8 Å². The Labute approximate surface area is 138 Å². The number of anilines is 2. The molecule has 0 radical (unpaired) electrons. The first-order valence-electron chi connectivity index (χ1n) is 7.43. The number of hydrogen-bond acceptors (Lipinski definition) is 3. The third kappa shape index (κ3) is 3.25. The quantitative estimate of drug-likeness (QED) is 0.911. The Kier molecular flexibility index (Phi) is 4.25. The van der Waals surface area contributed by atoms with Gasteiger partial charge in [0.05, 0.1) is 18.4 Å². The number of benzene rings is 2. The van der Waals surface area contributed by atoms with E-state index in [4.69, 9.17) is 5.26 Å². The number of carbonyl (C=O) groups is 2. The number of nitrogens with zero attached hydrogens (tertiary/aromatic N) is 1. The van der Waals surface area contributed by atoms with E-state index >= 15 is 0 Å². The molecule has 0 spiro atoms. The number of hydrogen-bond donors (Lipinski definition) is 2. The predicted octanol–water partition coefficient (Wildman–Crippen LogP) is 2.96. The first-order chi connectivity index (χ1) is 11.6. The maximum absolute atomic E-state index is 13.3. The molecule has 6 heteroatoms. The van der Waals surface area contributed by atoms with Crippen LogP contribution >= 0.6 is 0 Å². The molecule has 0 saturated carbocycles. The van der Waals surface area contributed by atoms with Crippen LogP contribution in [0.1, 0.15) is 23.5 Å². The minimum atomic E-state index is -0.673. The summed E-state index contributed by atoms with van der Waals surface area (Å²) in [5.74, 6) is -1.79. The van der Waals surface area contributed by atoms with Gasteiger partial charge in [-0.1, -0.05) is 18.2 Å². The highest BCUT2D eigenvalue weighted by molar-refractivity contribution is 6.05. The lowest BCUT2D eigenvalue weighted by Gasteiger charge is -2.24. The Morgan fingerprint density at radius 3 is 2.75 bits per heavy atom. The molecule has 120 valence electrons. The monoisotopic (exact) mass is 323 g/mol. The number of carbonyl (C=O) groups excluding carboxylic acids is 2. The molecule has 1 aliphatic heterocycles. The molecule has 2 aromatic carbocycles. The van der Waals surface area contributed by atoms with E-state index in [0.29, 0.717) is 23.4 Å². The van der Waals surface area contributed by atoms with Crippen molar-refractivity contribution in [3.8, 4) is 6.07 Å². The van der Waals surface area contributed by atoms with Crippen LogP contribution in [0.15, 0.2) is 42.5 Å². The maximum atomic E-state index is 13.3. The highest BCUT2D eigenvalue weighted by Crippen LogP contribution is 2.33. The van der Waals surface area contributed by atoms with Crippen molar-refractivity contribution in [3.63, 3.8) is 0 Å². The Hall–Kier alpha value is -3.20. The summed E-state index contributed by atoms with van der Waals surface area (Å²) in [7, 11) is 0. The summed E-state index contributed by atoms with van der Waals surface area (Å²) in [6.45, 7) is 0. The Bertz CT molecular complexity index is 840. The highest BCUT2D eigenvalue weighted by atomic mass is 19.1. The summed E-state index contributed by atoms with van der Waals surface area (Å²) in [4.78, 5) is 24.3. The first-order valence-corrected chi connectivity index (χ1v) is 7.43. The van der Waals surface area contributed by atoms with Crippen molar-refractivity contribution in [2.24, 2.45) is 0 Å². The molecule has 0 aromatic heterocycles. The zero-order chi connectivity index (χ0) is 17.1. The van der Waals surface area contributed by atoms with Gasteiger partial charge < -0.3 is 10.6 Å². The number of amides is 2. The maximum Gasteiger partial charge on any atom is 0.232 e. The number of fused-ring (bicyclic) bond motifs is 1. The van der Waals surface area contributed by atoms with Crippen molar-refractivity contribution in [1.29, 1.82) is 5.26 Å². The molecule has 0 bridgehead atoms. The van der Waals surface area contributed by atoms with Gasteiger partial charge in [-0.15, -0.1) is 0 Å². The van der Waals surface area contributed by atoms with Crippen molar-refractivity contribution in [2.75, 3.05) is 10.6 Å². The van der Waals surface area contributed by atoms with Gasteiger partial charge >= 0.3 is 0 Å².